The lowest BCUT2D eigenvalue weighted by Gasteiger charge is -2.20. The van der Waals surface area contributed by atoms with Crippen molar-refractivity contribution < 1.29 is 14.3 Å². The summed E-state index contributed by atoms with van der Waals surface area (Å²) in [4.78, 5) is 11.0. The lowest BCUT2D eigenvalue weighted by atomic mass is 10.4. The van der Waals surface area contributed by atoms with Crippen molar-refractivity contribution in [3.8, 4) is 0 Å². The first-order valence-corrected chi connectivity index (χ1v) is 9.91. The van der Waals surface area contributed by atoms with Crippen molar-refractivity contribution in [2.75, 3.05) is 13.2 Å². The number of carbonyl (C=O) groups is 1. The highest BCUT2D eigenvalue weighted by atomic mass is 35.8. The van der Waals surface area contributed by atoms with Gasteiger partial charge in [0.05, 0.1) is 12.3 Å². The van der Waals surface area contributed by atoms with Crippen LogP contribution in [0.2, 0.25) is 0 Å². The topological polar surface area (TPSA) is 35.5 Å². The molecule has 0 heterocycles. The lowest BCUT2D eigenvalue weighted by molar-refractivity contribution is -0.140. The van der Waals surface area contributed by atoms with Gasteiger partial charge in [-0.3, -0.25) is 0 Å². The molecule has 94 valence electrons. The number of esters is 1. The fourth-order valence-electron chi connectivity index (χ4n) is 0.892. The first-order valence-electron chi connectivity index (χ1n) is 4.80. The Hall–Kier alpha value is 0.257. The van der Waals surface area contributed by atoms with Gasteiger partial charge in [-0.25, -0.2) is 4.79 Å². The zero-order chi connectivity index (χ0) is 12.8. The lowest BCUT2D eigenvalue weighted by Crippen LogP contribution is -2.34. The van der Waals surface area contributed by atoms with E-state index in [4.69, 9.17) is 42.7 Å². The maximum Gasteiger partial charge on any atom is 0.369 e. The molecule has 0 saturated heterocycles. The third-order valence-corrected chi connectivity index (χ3v) is 5.22. The monoisotopic (exact) mass is 304 g/mol. The van der Waals surface area contributed by atoms with E-state index in [-0.39, 0.29) is 18.9 Å². The van der Waals surface area contributed by atoms with Gasteiger partial charge in [0.15, 0.2) is 0 Å². The second-order valence-electron chi connectivity index (χ2n) is 3.23. The van der Waals surface area contributed by atoms with Crippen molar-refractivity contribution >= 4 is 45.2 Å². The predicted octanol–water partition coefficient (Wildman–Crippen LogP) is 3.10. The second kappa shape index (κ2) is 7.56. The van der Waals surface area contributed by atoms with Crippen LogP contribution >= 0.6 is 33.2 Å². The minimum Gasteiger partial charge on any atom is -0.460 e. The van der Waals surface area contributed by atoms with E-state index in [1.165, 1.54) is 0 Å². The smallest absolute Gasteiger partial charge is 0.369 e. The Labute approximate surface area is 111 Å². The molecule has 0 aliphatic heterocycles. The minimum absolute atomic E-state index is 0.136. The fourth-order valence-corrected chi connectivity index (χ4v) is 3.62. The van der Waals surface area contributed by atoms with Crippen LogP contribution in [0.1, 0.15) is 20.3 Å². The summed E-state index contributed by atoms with van der Waals surface area (Å²) in [5.74, 6) is -0.442. The zero-order valence-electron chi connectivity index (χ0n) is 9.26. The maximum atomic E-state index is 11.0. The molecule has 0 saturated carbocycles. The molecule has 0 fully saturated rings. The quantitative estimate of drug-likeness (QED) is 0.238. The Morgan fingerprint density at radius 1 is 1.38 bits per heavy atom. The maximum absolute atomic E-state index is 11.0. The van der Waals surface area contributed by atoms with Crippen molar-refractivity contribution in [2.45, 2.75) is 26.0 Å². The molecule has 0 aromatic carbocycles. The number of hydrogen-bond acceptors (Lipinski definition) is 3. The summed E-state index contributed by atoms with van der Waals surface area (Å²) >= 11 is 17.4. The molecule has 0 rings (SSSR count). The van der Waals surface area contributed by atoms with E-state index in [0.717, 1.165) is 0 Å². The van der Waals surface area contributed by atoms with Crippen molar-refractivity contribution in [1.82, 2.24) is 0 Å². The van der Waals surface area contributed by atoms with Crippen LogP contribution in [-0.4, -0.2) is 30.9 Å². The molecule has 1 atom stereocenters. The van der Waals surface area contributed by atoms with Crippen LogP contribution in [0.4, 0.5) is 0 Å². The summed E-state index contributed by atoms with van der Waals surface area (Å²) in [6.07, 6.45) is 0.622. The summed E-state index contributed by atoms with van der Waals surface area (Å²) in [7, 11) is 0. The highest BCUT2D eigenvalue weighted by molar-refractivity contribution is 7.65. The minimum atomic E-state index is -2.85. The first kappa shape index (κ1) is 16.3. The Morgan fingerprint density at radius 3 is 2.31 bits per heavy atom. The Morgan fingerprint density at radius 2 is 1.94 bits per heavy atom. The van der Waals surface area contributed by atoms with Crippen LogP contribution in [0.3, 0.4) is 0 Å². The summed E-state index contributed by atoms with van der Waals surface area (Å²) in [5, 5.41) is 0. The van der Waals surface area contributed by atoms with Crippen molar-refractivity contribution in [2.24, 2.45) is 0 Å². The Balaban J connectivity index is 3.81. The molecule has 0 radical (unpaired) electrons. The van der Waals surface area contributed by atoms with Crippen LogP contribution in [0.25, 0.3) is 0 Å². The molecule has 0 amide bonds. The molecule has 1 unspecified atom stereocenters. The Kier molecular flexibility index (Phi) is 7.68. The highest BCUT2D eigenvalue weighted by Gasteiger charge is 2.36. The molecular formula is C9H15Cl3O3Si. The van der Waals surface area contributed by atoms with Crippen LogP contribution in [-0.2, 0) is 14.3 Å². The third kappa shape index (κ3) is 6.76. The van der Waals surface area contributed by atoms with Gasteiger partial charge in [0.2, 0.25) is 0 Å². The molecule has 0 aromatic heterocycles. The van der Waals surface area contributed by atoms with Crippen LogP contribution in [0.15, 0.2) is 12.2 Å². The number of halogens is 3. The summed E-state index contributed by atoms with van der Waals surface area (Å²) in [5.41, 5.74) is -0.0242. The average Bonchev–Trinajstić information content (AvgIpc) is 2.15. The zero-order valence-corrected chi connectivity index (χ0v) is 12.5. The van der Waals surface area contributed by atoms with Gasteiger partial charge >= 0.3 is 12.0 Å². The van der Waals surface area contributed by atoms with E-state index in [9.17, 15) is 4.79 Å². The van der Waals surface area contributed by atoms with E-state index in [1.807, 2.05) is 6.92 Å². The van der Waals surface area contributed by atoms with Gasteiger partial charge < -0.3 is 9.47 Å². The Bertz CT molecular complexity index is 253. The summed E-state index contributed by atoms with van der Waals surface area (Å²) < 4.78 is 10.2. The van der Waals surface area contributed by atoms with Gasteiger partial charge in [-0.15, -0.1) is 33.2 Å². The molecular weight excluding hydrogens is 291 g/mol. The van der Waals surface area contributed by atoms with E-state index in [2.05, 4.69) is 6.58 Å². The molecule has 0 aromatic rings. The van der Waals surface area contributed by atoms with Gasteiger partial charge in [0.25, 0.3) is 0 Å². The first-order chi connectivity index (χ1) is 7.29. The van der Waals surface area contributed by atoms with Gasteiger partial charge in [-0.2, -0.15) is 0 Å². The number of hydrogen-bond donors (Lipinski definition) is 0. The van der Waals surface area contributed by atoms with Gasteiger partial charge in [-0.05, 0) is 13.3 Å². The molecule has 0 aliphatic rings. The van der Waals surface area contributed by atoms with Crippen molar-refractivity contribution in [3.63, 3.8) is 0 Å². The van der Waals surface area contributed by atoms with Gasteiger partial charge in [-0.1, -0.05) is 13.5 Å². The standard InChI is InChI=1S/C9H15Cl3O3Si/c1-4-8(16(10,11)12)14-5-6-15-9(13)7(2)3/h8H,2,4-6H2,1,3H3. The highest BCUT2D eigenvalue weighted by Crippen LogP contribution is 2.28. The number of carbonyl (C=O) groups excluding carboxylic acids is 1. The third-order valence-electron chi connectivity index (χ3n) is 1.72. The predicted molar refractivity (Wildman–Crippen MR) is 69.1 cm³/mol. The van der Waals surface area contributed by atoms with E-state index in [1.54, 1.807) is 6.92 Å². The molecule has 0 N–H and O–H groups in total. The SMILES string of the molecule is C=C(C)C(=O)OCCOC(CC)[Si](Cl)(Cl)Cl. The number of ether oxygens (including phenoxy) is 2. The molecule has 0 spiro atoms. The summed E-state index contributed by atoms with van der Waals surface area (Å²) in [6.45, 7) is 7.26. The van der Waals surface area contributed by atoms with Gasteiger partial charge in [0, 0.05) is 5.57 Å². The van der Waals surface area contributed by atoms with E-state index < -0.39 is 12.0 Å². The van der Waals surface area contributed by atoms with Crippen LogP contribution in [0.5, 0.6) is 0 Å². The normalized spacial score (nSPS) is 13.3. The molecule has 0 bridgehead atoms. The van der Waals surface area contributed by atoms with Crippen LogP contribution in [0, 0.1) is 0 Å². The van der Waals surface area contributed by atoms with Crippen molar-refractivity contribution in [1.29, 1.82) is 0 Å². The molecule has 7 heteroatoms. The molecule has 16 heavy (non-hydrogen) atoms. The van der Waals surface area contributed by atoms with Crippen LogP contribution < -0.4 is 0 Å². The number of rotatable bonds is 7. The van der Waals surface area contributed by atoms with E-state index in [0.29, 0.717) is 12.0 Å². The second-order valence-corrected chi connectivity index (χ2v) is 12.1. The van der Waals surface area contributed by atoms with Crippen molar-refractivity contribution in [3.05, 3.63) is 12.2 Å². The largest absolute Gasteiger partial charge is 0.460 e. The fraction of sp³-hybridized carbons (Fsp3) is 0.667. The van der Waals surface area contributed by atoms with Gasteiger partial charge in [0.1, 0.15) is 6.61 Å². The molecule has 0 aliphatic carbocycles. The van der Waals surface area contributed by atoms with E-state index >= 15 is 0 Å². The average molecular weight is 306 g/mol. The summed E-state index contributed by atoms with van der Waals surface area (Å²) in [6, 6.07) is -2.85. The molecule has 3 nitrogen and oxygen atoms in total.